The van der Waals surface area contributed by atoms with Gasteiger partial charge in [0.25, 0.3) is 0 Å². The summed E-state index contributed by atoms with van der Waals surface area (Å²) >= 11 is 0. The van der Waals surface area contributed by atoms with Gasteiger partial charge in [0.1, 0.15) is 0 Å². The Balaban J connectivity index is 1.90. The lowest BCUT2D eigenvalue weighted by molar-refractivity contribution is 0.173. The molecule has 3 N–H and O–H groups in total. The second-order valence-electron chi connectivity index (χ2n) is 5.87. The van der Waals surface area contributed by atoms with Gasteiger partial charge in [0.15, 0.2) is 0 Å². The van der Waals surface area contributed by atoms with Gasteiger partial charge in [0.2, 0.25) is 10.0 Å². The molecule has 1 fully saturated rings. The lowest BCUT2D eigenvalue weighted by Crippen LogP contribution is -2.33. The van der Waals surface area contributed by atoms with Gasteiger partial charge in [-0.25, -0.2) is 8.42 Å². The number of likely N-dealkylation sites (tertiary alicyclic amines) is 1. The number of hydrogen-bond donors (Lipinski definition) is 2. The predicted molar refractivity (Wildman–Crippen MR) is 86.6 cm³/mol. The molecule has 0 unspecified atom stereocenters. The predicted octanol–water partition coefficient (Wildman–Crippen LogP) is 1.62. The van der Waals surface area contributed by atoms with E-state index in [9.17, 15) is 8.42 Å². The highest BCUT2D eigenvalue weighted by Crippen LogP contribution is 2.22. The number of nitrogens with zero attached hydrogens (tertiary/aromatic N) is 1. The molecule has 118 valence electrons. The molecule has 6 heteroatoms. The van der Waals surface area contributed by atoms with Crippen LogP contribution < -0.4 is 10.5 Å². The highest BCUT2D eigenvalue weighted by Gasteiger charge is 2.18. The minimum Gasteiger partial charge on any atom is -0.330 e. The van der Waals surface area contributed by atoms with E-state index in [-0.39, 0.29) is 0 Å². The van der Waals surface area contributed by atoms with Crippen LogP contribution in [0.2, 0.25) is 0 Å². The first-order valence-electron chi connectivity index (χ1n) is 7.45. The van der Waals surface area contributed by atoms with E-state index < -0.39 is 10.0 Å². The Morgan fingerprint density at radius 3 is 2.67 bits per heavy atom. The number of benzene rings is 1. The van der Waals surface area contributed by atoms with Gasteiger partial charge in [-0.15, -0.1) is 0 Å². The number of hydrogen-bond acceptors (Lipinski definition) is 4. The first-order chi connectivity index (χ1) is 9.96. The van der Waals surface area contributed by atoms with Crippen molar-refractivity contribution in [3.8, 4) is 0 Å². The van der Waals surface area contributed by atoms with E-state index in [2.05, 4.69) is 9.62 Å². The van der Waals surface area contributed by atoms with Gasteiger partial charge in [-0.05, 0) is 62.5 Å². The summed E-state index contributed by atoms with van der Waals surface area (Å²) in [5.74, 6) is 0.768. The van der Waals surface area contributed by atoms with E-state index in [0.717, 1.165) is 44.1 Å². The van der Waals surface area contributed by atoms with Crippen molar-refractivity contribution >= 4 is 15.7 Å². The fourth-order valence-electron chi connectivity index (χ4n) is 2.87. The Kier molecular flexibility index (Phi) is 5.61. The SMILES string of the molecule is CS(=O)(=O)Nc1cccc(CN2CCC(CCN)CC2)c1. The monoisotopic (exact) mass is 311 g/mol. The van der Waals surface area contributed by atoms with Gasteiger partial charge in [-0.3, -0.25) is 9.62 Å². The summed E-state index contributed by atoms with van der Waals surface area (Å²) in [6, 6.07) is 7.62. The molecule has 0 bridgehead atoms. The van der Waals surface area contributed by atoms with Crippen LogP contribution in [-0.2, 0) is 16.6 Å². The van der Waals surface area contributed by atoms with Crippen LogP contribution in [0, 0.1) is 5.92 Å². The zero-order valence-electron chi connectivity index (χ0n) is 12.6. The number of rotatable bonds is 6. The van der Waals surface area contributed by atoms with Crippen molar-refractivity contribution in [1.82, 2.24) is 4.90 Å². The van der Waals surface area contributed by atoms with Crippen molar-refractivity contribution in [3.63, 3.8) is 0 Å². The van der Waals surface area contributed by atoms with Gasteiger partial charge in [0, 0.05) is 12.2 Å². The molecule has 21 heavy (non-hydrogen) atoms. The maximum Gasteiger partial charge on any atom is 0.229 e. The van der Waals surface area contributed by atoms with E-state index >= 15 is 0 Å². The molecule has 1 aromatic carbocycles. The molecule has 2 rings (SSSR count). The van der Waals surface area contributed by atoms with Crippen molar-refractivity contribution in [2.24, 2.45) is 11.7 Å². The molecule has 0 aliphatic carbocycles. The molecule has 0 spiro atoms. The highest BCUT2D eigenvalue weighted by molar-refractivity contribution is 7.92. The summed E-state index contributed by atoms with van der Waals surface area (Å²) in [6.45, 7) is 3.83. The molecule has 0 atom stereocenters. The van der Waals surface area contributed by atoms with Crippen LogP contribution >= 0.6 is 0 Å². The van der Waals surface area contributed by atoms with Gasteiger partial charge >= 0.3 is 0 Å². The topological polar surface area (TPSA) is 75.4 Å². The Labute approximate surface area is 127 Å². The van der Waals surface area contributed by atoms with E-state index in [1.54, 1.807) is 6.07 Å². The molecule has 1 aromatic rings. The number of nitrogens with one attached hydrogen (secondary N) is 1. The summed E-state index contributed by atoms with van der Waals surface area (Å²) < 4.78 is 25.1. The normalized spacial score (nSPS) is 17.8. The fourth-order valence-corrected chi connectivity index (χ4v) is 3.43. The van der Waals surface area contributed by atoms with Crippen LogP contribution in [0.15, 0.2) is 24.3 Å². The second-order valence-corrected chi connectivity index (χ2v) is 7.62. The summed E-state index contributed by atoms with van der Waals surface area (Å²) in [6.07, 6.45) is 4.71. The van der Waals surface area contributed by atoms with Crippen molar-refractivity contribution < 1.29 is 8.42 Å². The molecule has 5 nitrogen and oxygen atoms in total. The van der Waals surface area contributed by atoms with Crippen molar-refractivity contribution in [1.29, 1.82) is 0 Å². The van der Waals surface area contributed by atoms with Gasteiger partial charge in [-0.1, -0.05) is 12.1 Å². The lowest BCUT2D eigenvalue weighted by Gasteiger charge is -2.31. The Morgan fingerprint density at radius 2 is 2.05 bits per heavy atom. The zero-order valence-corrected chi connectivity index (χ0v) is 13.4. The Morgan fingerprint density at radius 1 is 1.33 bits per heavy atom. The largest absolute Gasteiger partial charge is 0.330 e. The number of sulfonamides is 1. The van der Waals surface area contributed by atoms with E-state index in [1.807, 2.05) is 18.2 Å². The molecule has 0 radical (unpaired) electrons. The quantitative estimate of drug-likeness (QED) is 0.837. The van der Waals surface area contributed by atoms with Crippen LogP contribution in [0.4, 0.5) is 5.69 Å². The average molecular weight is 311 g/mol. The Bertz CT molecular complexity index is 552. The van der Waals surface area contributed by atoms with Gasteiger partial charge < -0.3 is 5.73 Å². The standard InChI is InChI=1S/C15H25N3O2S/c1-21(19,20)17-15-4-2-3-14(11-15)12-18-9-6-13(5-8-16)7-10-18/h2-4,11,13,17H,5-10,12,16H2,1H3. The first kappa shape index (κ1) is 16.3. The molecule has 0 amide bonds. The van der Waals surface area contributed by atoms with Gasteiger partial charge in [-0.2, -0.15) is 0 Å². The number of piperidine rings is 1. The highest BCUT2D eigenvalue weighted by atomic mass is 32.2. The van der Waals surface area contributed by atoms with Crippen LogP contribution in [0.25, 0.3) is 0 Å². The maximum absolute atomic E-state index is 11.3. The molecule has 1 saturated heterocycles. The molecule has 0 aromatic heterocycles. The average Bonchev–Trinajstić information content (AvgIpc) is 2.40. The van der Waals surface area contributed by atoms with Crippen molar-refractivity contribution in [3.05, 3.63) is 29.8 Å². The minimum absolute atomic E-state index is 0.632. The molecular weight excluding hydrogens is 286 g/mol. The number of anilines is 1. The lowest BCUT2D eigenvalue weighted by atomic mass is 9.93. The van der Waals surface area contributed by atoms with E-state index in [1.165, 1.54) is 19.1 Å². The van der Waals surface area contributed by atoms with Crippen LogP contribution in [-0.4, -0.2) is 39.2 Å². The minimum atomic E-state index is -3.22. The summed E-state index contributed by atoms with van der Waals surface area (Å²) in [7, 11) is -3.22. The van der Waals surface area contributed by atoms with Crippen LogP contribution in [0.3, 0.4) is 0 Å². The fraction of sp³-hybridized carbons (Fsp3) is 0.600. The zero-order chi connectivity index (χ0) is 15.3. The molecule has 1 heterocycles. The summed E-state index contributed by atoms with van der Waals surface area (Å²) in [5.41, 5.74) is 7.39. The van der Waals surface area contributed by atoms with E-state index in [4.69, 9.17) is 5.73 Å². The van der Waals surface area contributed by atoms with Crippen molar-refractivity contribution in [2.45, 2.75) is 25.8 Å². The molecule has 1 aliphatic rings. The molecule has 0 saturated carbocycles. The van der Waals surface area contributed by atoms with Crippen LogP contribution in [0.1, 0.15) is 24.8 Å². The van der Waals surface area contributed by atoms with Crippen molar-refractivity contribution in [2.75, 3.05) is 30.6 Å². The van der Waals surface area contributed by atoms with Crippen LogP contribution in [0.5, 0.6) is 0 Å². The summed E-state index contributed by atoms with van der Waals surface area (Å²) in [5, 5.41) is 0. The third-order valence-corrected chi connectivity index (χ3v) is 4.52. The molecule has 1 aliphatic heterocycles. The molecular formula is C15H25N3O2S. The Hall–Kier alpha value is -1.11. The number of nitrogens with two attached hydrogens (primary N) is 1. The van der Waals surface area contributed by atoms with E-state index in [0.29, 0.717) is 5.69 Å². The maximum atomic E-state index is 11.3. The third-order valence-electron chi connectivity index (χ3n) is 3.92. The smallest absolute Gasteiger partial charge is 0.229 e. The first-order valence-corrected chi connectivity index (χ1v) is 9.34. The third kappa shape index (κ3) is 5.65. The van der Waals surface area contributed by atoms with Gasteiger partial charge in [0.05, 0.1) is 6.26 Å². The second kappa shape index (κ2) is 7.24. The summed E-state index contributed by atoms with van der Waals surface area (Å²) in [4.78, 5) is 2.42.